The highest BCUT2D eigenvalue weighted by Gasteiger charge is 2.11. The molecule has 0 saturated heterocycles. The molecule has 0 aliphatic rings. The number of hydrogen-bond acceptors (Lipinski definition) is 2. The van der Waals surface area contributed by atoms with Gasteiger partial charge in [-0.05, 0) is 17.7 Å². The van der Waals surface area contributed by atoms with Gasteiger partial charge < -0.3 is 10.5 Å². The quantitative estimate of drug-likeness (QED) is 0.907. The van der Waals surface area contributed by atoms with Gasteiger partial charge in [-0.2, -0.15) is 0 Å². The molecular formula is C14H13F2NO. The highest BCUT2D eigenvalue weighted by atomic mass is 19.1. The van der Waals surface area contributed by atoms with E-state index in [4.69, 9.17) is 10.5 Å². The van der Waals surface area contributed by atoms with Crippen LogP contribution in [-0.2, 0) is 6.54 Å². The Morgan fingerprint density at radius 3 is 2.56 bits per heavy atom. The first kappa shape index (κ1) is 12.5. The van der Waals surface area contributed by atoms with Crippen LogP contribution in [0.1, 0.15) is 5.56 Å². The highest BCUT2D eigenvalue weighted by molar-refractivity contribution is 5.66. The van der Waals surface area contributed by atoms with Gasteiger partial charge in [0.1, 0.15) is 5.82 Å². The minimum Gasteiger partial charge on any atom is -0.494 e. The molecule has 2 N–H and O–H groups in total. The molecule has 18 heavy (non-hydrogen) atoms. The van der Waals surface area contributed by atoms with Gasteiger partial charge in [-0.25, -0.2) is 8.78 Å². The first-order valence-corrected chi connectivity index (χ1v) is 5.48. The van der Waals surface area contributed by atoms with Crippen LogP contribution in [0.3, 0.4) is 0 Å². The third-order valence-corrected chi connectivity index (χ3v) is 2.77. The summed E-state index contributed by atoms with van der Waals surface area (Å²) in [6, 6.07) is 9.23. The summed E-state index contributed by atoms with van der Waals surface area (Å²) in [6.45, 7) is 0.118. The zero-order chi connectivity index (χ0) is 13.1. The maximum Gasteiger partial charge on any atom is 0.172 e. The lowest BCUT2D eigenvalue weighted by Gasteiger charge is -2.08. The Morgan fingerprint density at radius 1 is 1.17 bits per heavy atom. The summed E-state index contributed by atoms with van der Waals surface area (Å²) in [5.74, 6) is -0.798. The number of benzene rings is 2. The van der Waals surface area contributed by atoms with E-state index in [0.29, 0.717) is 16.7 Å². The molecule has 0 bridgehead atoms. The fourth-order valence-electron chi connectivity index (χ4n) is 1.77. The number of nitrogens with two attached hydrogens (primary N) is 1. The maximum absolute atomic E-state index is 14.0. The van der Waals surface area contributed by atoms with Crippen LogP contribution in [0, 0.1) is 11.6 Å². The van der Waals surface area contributed by atoms with Crippen LogP contribution >= 0.6 is 0 Å². The average Bonchev–Trinajstić information content (AvgIpc) is 2.39. The van der Waals surface area contributed by atoms with Crippen LogP contribution in [0.5, 0.6) is 5.75 Å². The van der Waals surface area contributed by atoms with E-state index in [2.05, 4.69) is 0 Å². The maximum atomic E-state index is 14.0. The van der Waals surface area contributed by atoms with Gasteiger partial charge in [0, 0.05) is 17.7 Å². The zero-order valence-electron chi connectivity index (χ0n) is 9.91. The van der Waals surface area contributed by atoms with Gasteiger partial charge in [0.2, 0.25) is 0 Å². The Morgan fingerprint density at radius 2 is 1.94 bits per heavy atom. The number of methoxy groups -OCH3 is 1. The summed E-state index contributed by atoms with van der Waals surface area (Å²) in [5, 5.41) is 0. The second-order valence-corrected chi connectivity index (χ2v) is 3.83. The Balaban J connectivity index is 2.52. The lowest BCUT2D eigenvalue weighted by molar-refractivity contribution is 0.387. The van der Waals surface area contributed by atoms with Crippen molar-refractivity contribution < 1.29 is 13.5 Å². The van der Waals surface area contributed by atoms with E-state index in [1.54, 1.807) is 24.3 Å². The minimum atomic E-state index is -0.500. The third-order valence-electron chi connectivity index (χ3n) is 2.77. The number of rotatable bonds is 3. The number of ether oxygens (including phenoxy) is 1. The van der Waals surface area contributed by atoms with E-state index in [1.165, 1.54) is 19.2 Å². The third kappa shape index (κ3) is 2.19. The summed E-state index contributed by atoms with van der Waals surface area (Å²) >= 11 is 0. The molecule has 0 unspecified atom stereocenters. The van der Waals surface area contributed by atoms with Crippen LogP contribution in [0.4, 0.5) is 8.78 Å². The van der Waals surface area contributed by atoms with Crippen molar-refractivity contribution in [3.05, 3.63) is 53.6 Å². The van der Waals surface area contributed by atoms with Crippen LogP contribution in [-0.4, -0.2) is 7.11 Å². The molecule has 0 aromatic heterocycles. The molecule has 0 saturated carbocycles. The number of hydrogen-bond donors (Lipinski definition) is 1. The second kappa shape index (κ2) is 5.14. The highest BCUT2D eigenvalue weighted by Crippen LogP contribution is 2.29. The molecule has 0 fully saturated rings. The van der Waals surface area contributed by atoms with E-state index in [9.17, 15) is 8.78 Å². The van der Waals surface area contributed by atoms with Crippen molar-refractivity contribution in [2.45, 2.75) is 6.54 Å². The van der Waals surface area contributed by atoms with Crippen molar-refractivity contribution in [3.63, 3.8) is 0 Å². The predicted molar refractivity (Wildman–Crippen MR) is 66.2 cm³/mol. The molecule has 0 heterocycles. The van der Waals surface area contributed by atoms with E-state index < -0.39 is 11.6 Å². The fraction of sp³-hybridized carbons (Fsp3) is 0.143. The lowest BCUT2D eigenvalue weighted by Crippen LogP contribution is -2.00. The van der Waals surface area contributed by atoms with Crippen molar-refractivity contribution >= 4 is 0 Å². The summed E-state index contributed by atoms with van der Waals surface area (Å²) in [5.41, 5.74) is 6.55. The van der Waals surface area contributed by atoms with Gasteiger partial charge >= 0.3 is 0 Å². The van der Waals surface area contributed by atoms with Crippen LogP contribution in [0.15, 0.2) is 36.4 Å². The molecule has 2 aromatic carbocycles. The molecule has 94 valence electrons. The Bertz CT molecular complexity index is 570. The summed E-state index contributed by atoms with van der Waals surface area (Å²) in [6.07, 6.45) is 0. The summed E-state index contributed by atoms with van der Waals surface area (Å²) in [7, 11) is 1.39. The van der Waals surface area contributed by atoms with Gasteiger partial charge in [-0.15, -0.1) is 0 Å². The summed E-state index contributed by atoms with van der Waals surface area (Å²) in [4.78, 5) is 0. The Labute approximate surface area is 104 Å². The number of halogens is 2. The normalized spacial score (nSPS) is 10.4. The SMILES string of the molecule is COc1cccc(-c2ccc(CN)c(F)c2)c1F. The van der Waals surface area contributed by atoms with Crippen LogP contribution < -0.4 is 10.5 Å². The van der Waals surface area contributed by atoms with Gasteiger partial charge in [0.05, 0.1) is 7.11 Å². The molecule has 2 rings (SSSR count). The van der Waals surface area contributed by atoms with Crippen LogP contribution in [0.25, 0.3) is 11.1 Å². The van der Waals surface area contributed by atoms with E-state index in [-0.39, 0.29) is 12.3 Å². The minimum absolute atomic E-state index is 0.118. The molecule has 0 radical (unpaired) electrons. The van der Waals surface area contributed by atoms with E-state index in [1.807, 2.05) is 0 Å². The predicted octanol–water partition coefficient (Wildman–Crippen LogP) is 3.10. The molecule has 0 atom stereocenters. The van der Waals surface area contributed by atoms with Crippen LogP contribution in [0.2, 0.25) is 0 Å². The fourth-order valence-corrected chi connectivity index (χ4v) is 1.77. The lowest BCUT2D eigenvalue weighted by atomic mass is 10.0. The molecule has 4 heteroatoms. The summed E-state index contributed by atoms with van der Waals surface area (Å²) < 4.78 is 32.5. The molecule has 0 amide bonds. The second-order valence-electron chi connectivity index (χ2n) is 3.83. The largest absolute Gasteiger partial charge is 0.494 e. The molecule has 0 aliphatic heterocycles. The zero-order valence-corrected chi connectivity index (χ0v) is 9.91. The molecule has 0 spiro atoms. The van der Waals surface area contributed by atoms with Gasteiger partial charge in [0.15, 0.2) is 11.6 Å². The molecule has 2 nitrogen and oxygen atoms in total. The van der Waals surface area contributed by atoms with E-state index >= 15 is 0 Å². The van der Waals surface area contributed by atoms with Crippen molar-refractivity contribution in [2.75, 3.05) is 7.11 Å². The standard InChI is InChI=1S/C14H13F2NO/c1-18-13-4-2-3-11(14(13)16)9-5-6-10(8-17)12(15)7-9/h2-7H,8,17H2,1H3. The average molecular weight is 249 g/mol. The van der Waals surface area contributed by atoms with Crippen molar-refractivity contribution in [2.24, 2.45) is 5.73 Å². The smallest absolute Gasteiger partial charge is 0.172 e. The first-order chi connectivity index (χ1) is 8.67. The van der Waals surface area contributed by atoms with Crippen molar-refractivity contribution in [1.29, 1.82) is 0 Å². The van der Waals surface area contributed by atoms with Crippen molar-refractivity contribution in [3.8, 4) is 16.9 Å². The molecule has 2 aromatic rings. The Kier molecular flexibility index (Phi) is 3.58. The van der Waals surface area contributed by atoms with Gasteiger partial charge in [0.25, 0.3) is 0 Å². The topological polar surface area (TPSA) is 35.2 Å². The molecule has 0 aliphatic carbocycles. The monoisotopic (exact) mass is 249 g/mol. The molecular weight excluding hydrogens is 236 g/mol. The first-order valence-electron chi connectivity index (χ1n) is 5.48. The Hall–Kier alpha value is -1.94. The van der Waals surface area contributed by atoms with Gasteiger partial charge in [-0.1, -0.05) is 24.3 Å². The van der Waals surface area contributed by atoms with E-state index in [0.717, 1.165) is 0 Å². The van der Waals surface area contributed by atoms with Gasteiger partial charge in [-0.3, -0.25) is 0 Å². The van der Waals surface area contributed by atoms with Crippen molar-refractivity contribution in [1.82, 2.24) is 0 Å².